The largest absolute Gasteiger partial charge is 0.492 e. The molecule has 18 amide bonds. The maximum Gasteiger partial charge on any atom is 0.248 e. The van der Waals surface area contributed by atoms with Crippen LogP contribution in [0.2, 0.25) is 0 Å². The quantitative estimate of drug-likeness (QED) is 0.0183. The van der Waals surface area contributed by atoms with Crippen LogP contribution in [0.3, 0.4) is 0 Å². The predicted octanol–water partition coefficient (Wildman–Crippen LogP) is -6.66. The Morgan fingerprint density at radius 2 is 1.18 bits per heavy atom. The first-order chi connectivity index (χ1) is 55.9. The van der Waals surface area contributed by atoms with Gasteiger partial charge in [0.1, 0.15) is 78.3 Å². The number of carbonyl (C=O) groups excluding carboxylic acids is 18. The molecule has 3 aromatic carbocycles. The number of primary amides is 5. The second kappa shape index (κ2) is 48.3. The highest BCUT2D eigenvalue weighted by atomic mass is 32.2. The van der Waals surface area contributed by atoms with Gasteiger partial charge in [0.2, 0.25) is 106 Å². The first kappa shape index (κ1) is 96.3. The summed E-state index contributed by atoms with van der Waals surface area (Å²) in [5, 5.41) is 44.7. The number of aliphatic hydroxyl groups excluding tert-OH is 1. The summed E-state index contributed by atoms with van der Waals surface area (Å²) in [6.45, 7) is 4.58. The predicted molar refractivity (Wildman–Crippen MR) is 429 cm³/mol. The summed E-state index contributed by atoms with van der Waals surface area (Å²) >= 11 is 0.902. The molecule has 118 heavy (non-hydrogen) atoms. The Morgan fingerprint density at radius 3 is 1.76 bits per heavy atom. The number of fused-ring (bicyclic) bond motifs is 1. The summed E-state index contributed by atoms with van der Waals surface area (Å²) in [4.78, 5) is 251. The molecule has 1 aromatic heterocycles. The number of H-pyrrole nitrogens is 1. The zero-order valence-electron chi connectivity index (χ0n) is 66.1. The number of carbonyl (C=O) groups is 18. The van der Waals surface area contributed by atoms with Crippen LogP contribution in [0.5, 0.6) is 5.75 Å². The molecule has 1 saturated heterocycles. The number of para-hydroxylation sites is 1. The fraction of sp³-hybridized carbons (Fsp3) is 0.500. The van der Waals surface area contributed by atoms with Gasteiger partial charge in [0.05, 0.1) is 19.1 Å². The Balaban J connectivity index is 1.66. The van der Waals surface area contributed by atoms with Gasteiger partial charge in [-0.1, -0.05) is 42.5 Å². The molecule has 0 aliphatic carbocycles. The van der Waals surface area contributed by atoms with Crippen LogP contribution >= 0.6 is 11.8 Å². The fourth-order valence-electron chi connectivity index (χ4n) is 12.3. The molecule has 644 valence electrons. The molecule has 4 aromatic rings. The second-order valence-electron chi connectivity index (χ2n) is 28.5. The molecule has 0 unspecified atom stereocenters. The summed E-state index contributed by atoms with van der Waals surface area (Å²) in [6.07, 6.45) is -4.18. The number of unbranched alkanes of at least 4 members (excludes halogenated alkanes) is 2. The average Bonchev–Trinajstić information content (AvgIpc) is 1.09. The van der Waals surface area contributed by atoms with E-state index in [0.29, 0.717) is 27.8 Å². The zero-order valence-corrected chi connectivity index (χ0v) is 66.9. The Bertz CT molecular complexity index is 4230. The highest BCUT2D eigenvalue weighted by molar-refractivity contribution is 7.99. The maximum absolute atomic E-state index is 15.6. The van der Waals surface area contributed by atoms with Gasteiger partial charge in [-0.05, 0) is 131 Å². The molecule has 12 atom stereocenters. The Labute approximate surface area is 683 Å². The van der Waals surface area contributed by atoms with Crippen LogP contribution in [-0.2, 0) is 101 Å². The number of hydrogen-bond donors (Lipinski definition) is 22. The smallest absolute Gasteiger partial charge is 0.248 e. The van der Waals surface area contributed by atoms with Crippen molar-refractivity contribution in [2.45, 2.75) is 196 Å². The second-order valence-corrected chi connectivity index (χ2v) is 29.7. The lowest BCUT2D eigenvalue weighted by molar-refractivity contribution is -0.138. The first-order valence-corrected chi connectivity index (χ1v) is 39.4. The van der Waals surface area contributed by atoms with Crippen LogP contribution in [-0.4, -0.2) is 233 Å². The van der Waals surface area contributed by atoms with Gasteiger partial charge in [-0.3, -0.25) is 86.3 Å². The summed E-state index contributed by atoms with van der Waals surface area (Å²) in [5.41, 5.74) is 38.6. The van der Waals surface area contributed by atoms with E-state index in [0.717, 1.165) is 25.6 Å². The van der Waals surface area contributed by atoms with E-state index >= 15 is 28.8 Å². The molecule has 29 N–H and O–H groups in total. The number of thioether (sulfide) groups is 1. The maximum atomic E-state index is 15.6. The summed E-state index contributed by atoms with van der Waals surface area (Å²) < 4.78 is 5.70. The number of ether oxygens (including phenoxy) is 1. The number of aliphatic hydroxyl groups is 1. The summed E-state index contributed by atoms with van der Waals surface area (Å²) in [7, 11) is 0. The van der Waals surface area contributed by atoms with Crippen molar-refractivity contribution in [3.63, 3.8) is 0 Å². The van der Waals surface area contributed by atoms with Gasteiger partial charge < -0.3 is 124 Å². The summed E-state index contributed by atoms with van der Waals surface area (Å²) in [6, 6.07) is 1.36. The SMILES string of the molecule is CC(=O)NCCCC[C@H](NC(=O)[C@](C)(CCCCN)NC(=O)[C@H](Cc1ccc(C(N)=O)cc1)NC(=O)[C@H](Cc1ccc(OCCN)cc1)NC(=O)[C@@H]1CSCC[C@H](NC(C)=O)C(=O)N[C@@H](CCC(N)=O)C(=O)N[C@@H]([C@@H](C)O)C(=O)N[C@@H](Cc2c[nH]c3ccccc23)C(=O)N[C@@H](CCC(N)=O)C(=O)N1)C(=O)N[C@@H](CC(N)=O)C(=O)NCC(N)=O. The number of rotatable bonds is 42. The minimum atomic E-state index is -2.05. The van der Waals surface area contributed by atoms with Gasteiger partial charge in [-0.15, -0.1) is 0 Å². The van der Waals surface area contributed by atoms with Gasteiger partial charge in [0, 0.05) is 87.5 Å². The van der Waals surface area contributed by atoms with E-state index in [9.17, 15) is 62.6 Å². The minimum Gasteiger partial charge on any atom is -0.492 e. The van der Waals surface area contributed by atoms with Crippen molar-refractivity contribution in [3.8, 4) is 5.75 Å². The summed E-state index contributed by atoms with van der Waals surface area (Å²) in [5.74, 6) is -18.0. The van der Waals surface area contributed by atoms with Crippen LogP contribution in [0.15, 0.2) is 79.0 Å². The number of nitrogens with one attached hydrogen (secondary N) is 14. The van der Waals surface area contributed by atoms with Gasteiger partial charge in [-0.2, -0.15) is 11.8 Å². The topological polar surface area (TPSA) is 691 Å². The lowest BCUT2D eigenvalue weighted by atomic mass is 9.91. The van der Waals surface area contributed by atoms with Crippen LogP contribution in [0.25, 0.3) is 10.9 Å². The third-order valence-electron chi connectivity index (χ3n) is 18.7. The van der Waals surface area contributed by atoms with Crippen LogP contribution < -0.4 is 114 Å². The molecule has 0 radical (unpaired) electrons. The van der Waals surface area contributed by atoms with Crippen molar-refractivity contribution in [3.05, 3.63) is 101 Å². The van der Waals surface area contributed by atoms with E-state index in [1.807, 2.05) is 0 Å². The standard InChI is InChI=1S/C76H109N21O20S/c1-40(98)63-74(115)93-56(35-46-37-85-49-12-6-5-11-48(46)49)71(112)89-51(22-24-59(79)101)67(108)94-58(39-118-32-26-53(87-42(3)100)68(109)88-52(69(110)96-63)23-25-60(80)102)72(113)90-54(33-44-16-20-47(21-17-44)117-31-29-78)70(111)91-55(34-43-14-18-45(19-15-43)64(83)105)73(114)97-76(4,27-8-9-28-77)75(116)95-50(13-7-10-30-84-41(2)99)66(107)92-57(36-61(81)103)65(106)86-38-62(82)104/h5-6,11-12,14-21,37,40,50-58,63,85,98H,7-10,13,22-36,38-39,77-78H2,1-4H3,(H2,79,101)(H2,80,102)(H2,81,103)(H2,82,104)(H2,83,105)(H,84,99)(H,86,106)(H,87,100)(H,88,109)(H,89,112)(H,90,113)(H,91,111)(H,92,107)(H,93,115)(H,94,108)(H,95,116)(H,96,110)(H,97,114)/t40-,50+,51+,52+,53+,54+,55+,56+,57+,58+,63+,76+/m1/s1. The average molecular weight is 1670 g/mol. The Hall–Kier alpha value is -12.3. The van der Waals surface area contributed by atoms with Crippen molar-refractivity contribution in [2.24, 2.45) is 40.1 Å². The van der Waals surface area contributed by atoms with E-state index in [2.05, 4.69) is 74.1 Å². The molecule has 42 heteroatoms. The number of benzene rings is 3. The van der Waals surface area contributed by atoms with Crippen LogP contribution in [0.1, 0.15) is 132 Å². The van der Waals surface area contributed by atoms with E-state index in [4.69, 9.17) is 44.9 Å². The molecule has 1 aliphatic heterocycles. The molecule has 1 aliphatic rings. The van der Waals surface area contributed by atoms with Crippen molar-refractivity contribution >= 4 is 129 Å². The lowest BCUT2D eigenvalue weighted by Crippen LogP contribution is -2.64. The van der Waals surface area contributed by atoms with Gasteiger partial charge in [0.15, 0.2) is 0 Å². The molecule has 5 rings (SSSR count). The molecular formula is C76H109N21O20S. The molecule has 0 saturated carbocycles. The number of aromatic amines is 1. The van der Waals surface area contributed by atoms with Crippen LogP contribution in [0, 0.1) is 0 Å². The first-order valence-electron chi connectivity index (χ1n) is 38.2. The van der Waals surface area contributed by atoms with E-state index in [1.54, 1.807) is 30.5 Å². The molecule has 0 bridgehead atoms. The highest BCUT2D eigenvalue weighted by Crippen LogP contribution is 2.23. The molecule has 0 spiro atoms. The molecule has 1 fully saturated rings. The number of nitrogens with two attached hydrogens (primary N) is 7. The van der Waals surface area contributed by atoms with Gasteiger partial charge in [-0.25, -0.2) is 0 Å². The Kier molecular flexibility index (Phi) is 39.4. The van der Waals surface area contributed by atoms with Crippen LogP contribution in [0.4, 0.5) is 0 Å². The molecule has 2 heterocycles. The van der Waals surface area contributed by atoms with E-state index in [1.165, 1.54) is 62.4 Å². The van der Waals surface area contributed by atoms with Gasteiger partial charge >= 0.3 is 0 Å². The number of aromatic nitrogens is 1. The number of hydrogen-bond acceptors (Lipinski definition) is 23. The molecular weight excluding hydrogens is 1560 g/mol. The highest BCUT2D eigenvalue weighted by Gasteiger charge is 2.42. The third kappa shape index (κ3) is 32.8. The van der Waals surface area contributed by atoms with Crippen molar-refractivity contribution in [2.75, 3.05) is 44.3 Å². The van der Waals surface area contributed by atoms with Crippen molar-refractivity contribution in [1.29, 1.82) is 0 Å². The fourth-order valence-corrected chi connectivity index (χ4v) is 13.4. The normalized spacial score (nSPS) is 18.7. The van der Waals surface area contributed by atoms with Gasteiger partial charge in [0.25, 0.3) is 0 Å². The monoisotopic (exact) mass is 1670 g/mol. The Morgan fingerprint density at radius 1 is 0.593 bits per heavy atom. The molecule has 41 nitrogen and oxygen atoms in total. The minimum absolute atomic E-state index is 0.0411. The van der Waals surface area contributed by atoms with E-state index < -0.39 is 230 Å². The number of amides is 18. The van der Waals surface area contributed by atoms with E-state index in [-0.39, 0.29) is 100 Å². The third-order valence-corrected chi connectivity index (χ3v) is 19.8. The lowest BCUT2D eigenvalue weighted by Gasteiger charge is -2.34. The van der Waals surface area contributed by atoms with Crippen molar-refractivity contribution in [1.82, 2.24) is 74.1 Å². The zero-order chi connectivity index (χ0) is 87.3. The van der Waals surface area contributed by atoms with Crippen molar-refractivity contribution < 1.29 is 96.1 Å².